The Bertz CT molecular complexity index is 442. The largest absolute Gasteiger partial charge is 0.389 e. The molecule has 15 heavy (non-hydrogen) atoms. The van der Waals surface area contributed by atoms with Crippen LogP contribution in [-0.2, 0) is 6.42 Å². The van der Waals surface area contributed by atoms with Crippen molar-refractivity contribution >= 4 is 28.1 Å². The van der Waals surface area contributed by atoms with E-state index in [1.165, 1.54) is 0 Å². The average molecular weight is 240 g/mol. The van der Waals surface area contributed by atoms with E-state index in [0.29, 0.717) is 6.42 Å². The van der Waals surface area contributed by atoms with Gasteiger partial charge in [-0.2, -0.15) is 11.8 Å². The highest BCUT2D eigenvalue weighted by molar-refractivity contribution is 7.99. The minimum absolute atomic E-state index is 0.519. The van der Waals surface area contributed by atoms with Crippen LogP contribution in [0.25, 0.3) is 4.96 Å². The maximum absolute atomic E-state index is 10.2. The summed E-state index contributed by atoms with van der Waals surface area (Å²) in [6.07, 6.45) is 5.61. The molecule has 1 fully saturated rings. The molecular formula is C10H12N2OS2. The molecule has 0 spiro atoms. The van der Waals surface area contributed by atoms with E-state index in [1.807, 2.05) is 33.9 Å². The van der Waals surface area contributed by atoms with Crippen LogP contribution in [0.4, 0.5) is 0 Å². The zero-order valence-electron chi connectivity index (χ0n) is 8.22. The summed E-state index contributed by atoms with van der Waals surface area (Å²) < 4.78 is 2.02. The van der Waals surface area contributed by atoms with Crippen LogP contribution in [0.2, 0.25) is 0 Å². The quantitative estimate of drug-likeness (QED) is 0.870. The Hall–Kier alpha value is -0.520. The molecule has 2 aromatic rings. The second kappa shape index (κ2) is 3.50. The second-order valence-electron chi connectivity index (χ2n) is 4.03. The van der Waals surface area contributed by atoms with Gasteiger partial charge in [0.05, 0.1) is 11.3 Å². The van der Waals surface area contributed by atoms with Crippen molar-refractivity contribution in [2.45, 2.75) is 18.4 Å². The Balaban J connectivity index is 1.85. The summed E-state index contributed by atoms with van der Waals surface area (Å²) in [5.74, 6) is 1.91. The molecule has 0 amide bonds. The number of aliphatic hydroxyl groups is 1. The molecule has 3 rings (SSSR count). The topological polar surface area (TPSA) is 37.5 Å². The van der Waals surface area contributed by atoms with Crippen molar-refractivity contribution in [2.24, 2.45) is 0 Å². The number of rotatable bonds is 2. The van der Waals surface area contributed by atoms with Crippen LogP contribution >= 0.6 is 23.1 Å². The first kappa shape index (κ1) is 9.69. The Kier molecular flexibility index (Phi) is 2.26. The van der Waals surface area contributed by atoms with Crippen molar-refractivity contribution < 1.29 is 5.11 Å². The van der Waals surface area contributed by atoms with Gasteiger partial charge in [0.25, 0.3) is 0 Å². The van der Waals surface area contributed by atoms with Gasteiger partial charge in [-0.3, -0.25) is 4.40 Å². The molecule has 0 saturated carbocycles. The van der Waals surface area contributed by atoms with Crippen LogP contribution in [0.3, 0.4) is 0 Å². The lowest BCUT2D eigenvalue weighted by Crippen LogP contribution is -2.30. The van der Waals surface area contributed by atoms with E-state index in [2.05, 4.69) is 4.98 Å². The van der Waals surface area contributed by atoms with Crippen molar-refractivity contribution in [3.05, 3.63) is 23.5 Å². The van der Waals surface area contributed by atoms with Crippen LogP contribution < -0.4 is 0 Å². The molecule has 3 nitrogen and oxygen atoms in total. The number of hydrogen-bond acceptors (Lipinski definition) is 4. The number of thiazole rings is 1. The number of nitrogens with zero attached hydrogens (tertiary/aromatic N) is 2. The SMILES string of the molecule is OC1(Cc2cn3ccsc3n2)CCSC1. The van der Waals surface area contributed by atoms with Gasteiger partial charge in [0, 0.05) is 29.9 Å². The Labute approximate surface area is 96.1 Å². The lowest BCUT2D eigenvalue weighted by atomic mass is 9.98. The third kappa shape index (κ3) is 1.79. The summed E-state index contributed by atoms with van der Waals surface area (Å²) in [7, 11) is 0. The zero-order valence-corrected chi connectivity index (χ0v) is 9.85. The number of hydrogen-bond donors (Lipinski definition) is 1. The van der Waals surface area contributed by atoms with Gasteiger partial charge in [-0.15, -0.1) is 11.3 Å². The lowest BCUT2D eigenvalue weighted by Gasteiger charge is -2.19. The van der Waals surface area contributed by atoms with Gasteiger partial charge >= 0.3 is 0 Å². The van der Waals surface area contributed by atoms with Gasteiger partial charge in [-0.1, -0.05) is 0 Å². The molecule has 1 atom stereocenters. The standard InChI is InChI=1S/C10H12N2OS2/c13-10(1-3-14-7-10)5-8-6-12-2-4-15-9(12)11-8/h2,4,6,13H,1,3,5,7H2. The Morgan fingerprint density at radius 1 is 1.60 bits per heavy atom. The summed E-state index contributed by atoms with van der Waals surface area (Å²) >= 11 is 3.46. The fourth-order valence-corrected chi connectivity index (χ4v) is 3.95. The van der Waals surface area contributed by atoms with Crippen LogP contribution in [0.5, 0.6) is 0 Å². The van der Waals surface area contributed by atoms with E-state index in [-0.39, 0.29) is 0 Å². The minimum atomic E-state index is -0.519. The molecule has 1 aliphatic heterocycles. The molecule has 1 N–H and O–H groups in total. The molecule has 0 aromatic carbocycles. The van der Waals surface area contributed by atoms with Crippen LogP contribution in [-0.4, -0.2) is 31.6 Å². The molecule has 1 unspecified atom stereocenters. The van der Waals surface area contributed by atoms with Gasteiger partial charge < -0.3 is 5.11 Å². The molecule has 1 saturated heterocycles. The van der Waals surface area contributed by atoms with E-state index < -0.39 is 5.60 Å². The first-order valence-corrected chi connectivity index (χ1v) is 7.00. The van der Waals surface area contributed by atoms with Gasteiger partial charge in [0.1, 0.15) is 0 Å². The van der Waals surface area contributed by atoms with Gasteiger partial charge in [0.2, 0.25) is 0 Å². The second-order valence-corrected chi connectivity index (χ2v) is 6.01. The van der Waals surface area contributed by atoms with E-state index in [9.17, 15) is 5.11 Å². The highest BCUT2D eigenvalue weighted by Gasteiger charge is 2.32. The normalized spacial score (nSPS) is 26.5. The number of thioether (sulfide) groups is 1. The van der Waals surface area contributed by atoms with E-state index in [1.54, 1.807) is 11.3 Å². The Morgan fingerprint density at radius 2 is 2.53 bits per heavy atom. The average Bonchev–Trinajstić information content (AvgIpc) is 2.80. The van der Waals surface area contributed by atoms with E-state index in [4.69, 9.17) is 0 Å². The first-order chi connectivity index (χ1) is 7.25. The predicted molar refractivity (Wildman–Crippen MR) is 63.7 cm³/mol. The van der Waals surface area contributed by atoms with Gasteiger partial charge in [0.15, 0.2) is 4.96 Å². The number of imidazole rings is 1. The summed E-state index contributed by atoms with van der Waals surface area (Å²) in [6.45, 7) is 0. The third-order valence-electron chi connectivity index (χ3n) is 2.74. The minimum Gasteiger partial charge on any atom is -0.389 e. The van der Waals surface area contributed by atoms with Gasteiger partial charge in [-0.25, -0.2) is 4.98 Å². The van der Waals surface area contributed by atoms with E-state index >= 15 is 0 Å². The first-order valence-electron chi connectivity index (χ1n) is 4.96. The molecule has 0 aliphatic carbocycles. The molecule has 5 heteroatoms. The summed E-state index contributed by atoms with van der Waals surface area (Å²) in [5.41, 5.74) is 0.487. The molecule has 0 radical (unpaired) electrons. The molecular weight excluding hydrogens is 228 g/mol. The van der Waals surface area contributed by atoms with Crippen LogP contribution in [0.15, 0.2) is 17.8 Å². The molecule has 2 aromatic heterocycles. The summed E-state index contributed by atoms with van der Waals surface area (Å²) in [4.78, 5) is 5.51. The highest BCUT2D eigenvalue weighted by Crippen LogP contribution is 2.30. The maximum atomic E-state index is 10.2. The maximum Gasteiger partial charge on any atom is 0.193 e. The fourth-order valence-electron chi connectivity index (χ4n) is 1.93. The molecule has 3 heterocycles. The number of aromatic nitrogens is 2. The van der Waals surface area contributed by atoms with Gasteiger partial charge in [-0.05, 0) is 12.2 Å². The highest BCUT2D eigenvalue weighted by atomic mass is 32.2. The smallest absolute Gasteiger partial charge is 0.193 e. The number of fused-ring (bicyclic) bond motifs is 1. The van der Waals surface area contributed by atoms with Crippen LogP contribution in [0.1, 0.15) is 12.1 Å². The Morgan fingerprint density at radius 3 is 3.27 bits per heavy atom. The fraction of sp³-hybridized carbons (Fsp3) is 0.500. The van der Waals surface area contributed by atoms with Crippen molar-refractivity contribution in [3.8, 4) is 0 Å². The monoisotopic (exact) mass is 240 g/mol. The van der Waals surface area contributed by atoms with Crippen molar-refractivity contribution in [2.75, 3.05) is 11.5 Å². The summed E-state index contributed by atoms with van der Waals surface area (Å²) in [6, 6.07) is 0. The third-order valence-corrected chi connectivity index (χ3v) is 4.74. The van der Waals surface area contributed by atoms with Crippen LogP contribution in [0, 0.1) is 0 Å². The van der Waals surface area contributed by atoms with Crippen molar-refractivity contribution in [1.82, 2.24) is 9.38 Å². The summed E-state index contributed by atoms with van der Waals surface area (Å²) in [5, 5.41) is 12.3. The molecule has 0 bridgehead atoms. The predicted octanol–water partition coefficient (Wildman–Crippen LogP) is 1.81. The molecule has 1 aliphatic rings. The molecule has 80 valence electrons. The van der Waals surface area contributed by atoms with E-state index in [0.717, 1.165) is 28.6 Å². The lowest BCUT2D eigenvalue weighted by molar-refractivity contribution is 0.0677. The van der Waals surface area contributed by atoms with Crippen molar-refractivity contribution in [1.29, 1.82) is 0 Å². The van der Waals surface area contributed by atoms with Crippen molar-refractivity contribution in [3.63, 3.8) is 0 Å². The zero-order chi connectivity index (χ0) is 10.3.